The topological polar surface area (TPSA) is 110 Å². The fraction of sp³-hybridized carbons (Fsp3) is 0.263. The highest BCUT2D eigenvalue weighted by atomic mass is 32.2. The number of hydrogen-bond acceptors (Lipinski definition) is 4. The molecule has 0 aromatic heterocycles. The summed E-state index contributed by atoms with van der Waals surface area (Å²) in [6.45, 7) is 3.55. The van der Waals surface area contributed by atoms with E-state index in [-0.39, 0.29) is 22.9 Å². The number of hydrogen-bond donors (Lipinski definition) is 2. The minimum atomic E-state index is -3.67. The van der Waals surface area contributed by atoms with Gasteiger partial charge in [-0.2, -0.15) is 4.31 Å². The second-order valence-electron chi connectivity index (χ2n) is 6.44. The van der Waals surface area contributed by atoms with E-state index in [1.165, 1.54) is 29.6 Å². The quantitative estimate of drug-likeness (QED) is 0.754. The summed E-state index contributed by atoms with van der Waals surface area (Å²) < 4.78 is 26.4. The van der Waals surface area contributed by atoms with Gasteiger partial charge in [0.1, 0.15) is 0 Å². The van der Waals surface area contributed by atoms with Crippen molar-refractivity contribution < 1.29 is 18.0 Å². The smallest absolute Gasteiger partial charge is 0.255 e. The van der Waals surface area contributed by atoms with Gasteiger partial charge in [0.15, 0.2) is 0 Å². The van der Waals surface area contributed by atoms with E-state index in [2.05, 4.69) is 5.32 Å². The molecule has 2 amide bonds. The molecule has 0 saturated heterocycles. The van der Waals surface area contributed by atoms with Crippen LogP contribution in [0.1, 0.15) is 29.8 Å². The largest absolute Gasteiger partial charge is 0.369 e. The van der Waals surface area contributed by atoms with Gasteiger partial charge in [0, 0.05) is 24.3 Å². The van der Waals surface area contributed by atoms with Crippen LogP contribution in [0, 0.1) is 0 Å². The number of amides is 2. The number of sulfonamides is 1. The van der Waals surface area contributed by atoms with Gasteiger partial charge in [-0.25, -0.2) is 8.42 Å². The first kappa shape index (κ1) is 20.6. The van der Waals surface area contributed by atoms with E-state index in [1.54, 1.807) is 44.2 Å². The molecule has 0 saturated carbocycles. The summed E-state index contributed by atoms with van der Waals surface area (Å²) in [4.78, 5) is 23.4. The van der Waals surface area contributed by atoms with Crippen LogP contribution in [0.15, 0.2) is 53.4 Å². The molecule has 0 aliphatic carbocycles. The van der Waals surface area contributed by atoms with Crippen LogP contribution in [-0.2, 0) is 21.2 Å². The zero-order chi connectivity index (χ0) is 20.2. The minimum absolute atomic E-state index is 0.0585. The monoisotopic (exact) mass is 389 g/mol. The molecule has 144 valence electrons. The molecule has 0 spiro atoms. The lowest BCUT2D eigenvalue weighted by molar-refractivity contribution is -0.117. The molecular formula is C19H23N3O4S. The number of carbonyl (C=O) groups excluding carboxylic acids is 2. The van der Waals surface area contributed by atoms with Crippen LogP contribution < -0.4 is 11.1 Å². The molecule has 27 heavy (non-hydrogen) atoms. The van der Waals surface area contributed by atoms with Gasteiger partial charge in [-0.15, -0.1) is 0 Å². The van der Waals surface area contributed by atoms with Crippen LogP contribution in [-0.4, -0.2) is 37.6 Å². The average Bonchev–Trinajstić information content (AvgIpc) is 2.62. The number of carbonyl (C=O) groups is 2. The maximum atomic E-state index is 12.6. The number of rotatable bonds is 7. The highest BCUT2D eigenvalue weighted by Crippen LogP contribution is 2.19. The standard InChI is InChI=1S/C19H23N3O4S/c1-13(2)22(3)27(25,26)17-6-4-5-15(12-17)19(24)21-16-9-7-14(8-10-16)11-18(20)23/h4-10,12-13H,11H2,1-3H3,(H2,20,23)(H,21,24). The number of benzene rings is 2. The zero-order valence-electron chi connectivity index (χ0n) is 15.5. The van der Waals surface area contributed by atoms with E-state index in [0.29, 0.717) is 5.69 Å². The summed E-state index contributed by atoms with van der Waals surface area (Å²) in [6.07, 6.45) is 0.123. The molecule has 2 rings (SSSR count). The predicted octanol–water partition coefficient (Wildman–Crippen LogP) is 2.00. The van der Waals surface area contributed by atoms with E-state index in [4.69, 9.17) is 5.73 Å². The number of primary amides is 1. The Morgan fingerprint density at radius 3 is 2.30 bits per heavy atom. The normalized spacial score (nSPS) is 11.6. The van der Waals surface area contributed by atoms with E-state index >= 15 is 0 Å². The SMILES string of the molecule is CC(C)N(C)S(=O)(=O)c1cccc(C(=O)Nc2ccc(CC(N)=O)cc2)c1. The van der Waals surface area contributed by atoms with Gasteiger partial charge in [-0.1, -0.05) is 18.2 Å². The van der Waals surface area contributed by atoms with Crippen molar-refractivity contribution in [3.63, 3.8) is 0 Å². The molecule has 0 heterocycles. The van der Waals surface area contributed by atoms with Crippen LogP contribution in [0.25, 0.3) is 0 Å². The van der Waals surface area contributed by atoms with Crippen molar-refractivity contribution in [1.82, 2.24) is 4.31 Å². The van der Waals surface area contributed by atoms with Crippen molar-refractivity contribution in [2.24, 2.45) is 5.73 Å². The highest BCUT2D eigenvalue weighted by Gasteiger charge is 2.23. The molecule has 0 atom stereocenters. The lowest BCUT2D eigenvalue weighted by Gasteiger charge is -2.21. The molecule has 0 aliphatic heterocycles. The van der Waals surface area contributed by atoms with Crippen LogP contribution in [0.2, 0.25) is 0 Å². The number of nitrogens with two attached hydrogens (primary N) is 1. The van der Waals surface area contributed by atoms with Gasteiger partial charge in [-0.05, 0) is 49.7 Å². The summed E-state index contributed by atoms with van der Waals surface area (Å²) in [5.41, 5.74) is 6.65. The molecule has 3 N–H and O–H groups in total. The summed E-state index contributed by atoms with van der Waals surface area (Å²) in [7, 11) is -2.17. The third-order valence-electron chi connectivity index (χ3n) is 4.09. The van der Waals surface area contributed by atoms with Crippen molar-refractivity contribution in [3.8, 4) is 0 Å². The molecule has 2 aromatic rings. The Kier molecular flexibility index (Phi) is 6.35. The molecule has 8 heteroatoms. The second-order valence-corrected chi connectivity index (χ2v) is 8.43. The maximum Gasteiger partial charge on any atom is 0.255 e. The van der Waals surface area contributed by atoms with Gasteiger partial charge in [-0.3, -0.25) is 9.59 Å². The first-order valence-electron chi connectivity index (χ1n) is 8.38. The van der Waals surface area contributed by atoms with Gasteiger partial charge >= 0.3 is 0 Å². The van der Waals surface area contributed by atoms with Crippen LogP contribution >= 0.6 is 0 Å². The average molecular weight is 389 g/mol. The Morgan fingerprint density at radius 2 is 1.74 bits per heavy atom. The second kappa shape index (κ2) is 8.32. The van der Waals surface area contributed by atoms with Crippen molar-refractivity contribution in [3.05, 3.63) is 59.7 Å². The number of nitrogens with one attached hydrogen (secondary N) is 1. The maximum absolute atomic E-state index is 12.6. The predicted molar refractivity (Wildman–Crippen MR) is 104 cm³/mol. The molecule has 2 aromatic carbocycles. The van der Waals surface area contributed by atoms with Gasteiger partial charge in [0.25, 0.3) is 5.91 Å². The summed E-state index contributed by atoms with van der Waals surface area (Å²) in [6, 6.07) is 12.4. The van der Waals surface area contributed by atoms with E-state index in [9.17, 15) is 18.0 Å². The third-order valence-corrected chi connectivity index (χ3v) is 6.12. The minimum Gasteiger partial charge on any atom is -0.369 e. The summed E-state index contributed by atoms with van der Waals surface area (Å²) >= 11 is 0. The molecule has 0 fully saturated rings. The van der Waals surface area contributed by atoms with Crippen molar-refractivity contribution in [2.45, 2.75) is 31.2 Å². The third kappa shape index (κ3) is 5.15. The van der Waals surface area contributed by atoms with Gasteiger partial charge in [0.2, 0.25) is 15.9 Å². The summed E-state index contributed by atoms with van der Waals surface area (Å²) in [5.74, 6) is -0.863. The molecule has 0 aliphatic rings. The zero-order valence-corrected chi connectivity index (χ0v) is 16.3. The summed E-state index contributed by atoms with van der Waals surface area (Å²) in [5, 5.41) is 2.71. The van der Waals surface area contributed by atoms with Crippen molar-refractivity contribution in [1.29, 1.82) is 0 Å². The lowest BCUT2D eigenvalue weighted by atomic mass is 10.1. The Bertz CT molecular complexity index is 938. The van der Waals surface area contributed by atoms with E-state index < -0.39 is 21.8 Å². The highest BCUT2D eigenvalue weighted by molar-refractivity contribution is 7.89. The molecule has 0 unspecified atom stereocenters. The fourth-order valence-corrected chi connectivity index (χ4v) is 3.77. The Balaban J connectivity index is 2.19. The molecule has 0 radical (unpaired) electrons. The molecule has 0 bridgehead atoms. The molecule has 7 nitrogen and oxygen atoms in total. The molecular weight excluding hydrogens is 366 g/mol. The van der Waals surface area contributed by atoms with E-state index in [0.717, 1.165) is 5.56 Å². The number of anilines is 1. The Hall–Kier alpha value is -2.71. The van der Waals surface area contributed by atoms with E-state index in [1.807, 2.05) is 0 Å². The Labute approximate surface area is 159 Å². The van der Waals surface area contributed by atoms with Gasteiger partial charge in [0.05, 0.1) is 11.3 Å². The van der Waals surface area contributed by atoms with Crippen molar-refractivity contribution in [2.75, 3.05) is 12.4 Å². The first-order chi connectivity index (χ1) is 12.6. The first-order valence-corrected chi connectivity index (χ1v) is 9.82. The fourth-order valence-electron chi connectivity index (χ4n) is 2.35. The lowest BCUT2D eigenvalue weighted by Crippen LogP contribution is -2.33. The van der Waals surface area contributed by atoms with Crippen LogP contribution in [0.3, 0.4) is 0 Å². The number of nitrogens with zero attached hydrogens (tertiary/aromatic N) is 1. The van der Waals surface area contributed by atoms with Gasteiger partial charge < -0.3 is 11.1 Å². The Morgan fingerprint density at radius 1 is 1.11 bits per heavy atom. The van der Waals surface area contributed by atoms with Crippen molar-refractivity contribution >= 4 is 27.5 Å². The van der Waals surface area contributed by atoms with Crippen LogP contribution in [0.4, 0.5) is 5.69 Å². The van der Waals surface area contributed by atoms with Crippen LogP contribution in [0.5, 0.6) is 0 Å².